The number of hydrazine groups is 1. The Morgan fingerprint density at radius 3 is 2.21 bits per heavy atom. The highest BCUT2D eigenvalue weighted by molar-refractivity contribution is 6.35. The van der Waals surface area contributed by atoms with E-state index in [9.17, 15) is 22.8 Å². The average molecular weight is 609 g/mol. The number of amides is 2. The highest BCUT2D eigenvalue weighted by atomic mass is 35.5. The fourth-order valence-corrected chi connectivity index (χ4v) is 4.18. The number of nitrogens with one attached hydrogen (secondary N) is 1. The minimum absolute atomic E-state index is 0.00473. The number of nitrogens with zero attached hydrogens (tertiary/aromatic N) is 2. The van der Waals surface area contributed by atoms with Gasteiger partial charge in [-0.15, -0.1) is 0 Å². The van der Waals surface area contributed by atoms with E-state index in [1.165, 1.54) is 37.1 Å². The summed E-state index contributed by atoms with van der Waals surface area (Å²) >= 11 is 18.1. The lowest BCUT2D eigenvalue weighted by Gasteiger charge is -2.29. The van der Waals surface area contributed by atoms with Gasteiger partial charge in [-0.2, -0.15) is 18.2 Å². The van der Waals surface area contributed by atoms with Crippen molar-refractivity contribution in [1.82, 2.24) is 5.43 Å². The van der Waals surface area contributed by atoms with Crippen LogP contribution in [-0.2, 0) is 20.0 Å². The molecule has 2 aliphatic rings. The van der Waals surface area contributed by atoms with Crippen molar-refractivity contribution in [2.45, 2.75) is 64.3 Å². The molecule has 0 saturated heterocycles. The van der Waals surface area contributed by atoms with Gasteiger partial charge < -0.3 is 9.57 Å². The molecule has 39 heavy (non-hydrogen) atoms. The predicted molar refractivity (Wildman–Crippen MR) is 144 cm³/mol. The normalized spacial score (nSPS) is 18.8. The van der Waals surface area contributed by atoms with Crippen molar-refractivity contribution in [2.24, 2.45) is 11.1 Å². The van der Waals surface area contributed by atoms with Gasteiger partial charge in [0, 0.05) is 27.6 Å². The summed E-state index contributed by atoms with van der Waals surface area (Å²) in [6.45, 7) is 7.13. The third-order valence-electron chi connectivity index (χ3n) is 5.66. The van der Waals surface area contributed by atoms with Gasteiger partial charge in [-0.25, -0.2) is 4.79 Å². The minimum Gasteiger partial charge on any atom is -0.442 e. The van der Waals surface area contributed by atoms with Gasteiger partial charge in [0.15, 0.2) is 0 Å². The zero-order valence-electron chi connectivity index (χ0n) is 21.5. The Labute approximate surface area is 239 Å². The monoisotopic (exact) mass is 607 g/mol. The van der Waals surface area contributed by atoms with Crippen LogP contribution in [0.3, 0.4) is 0 Å². The summed E-state index contributed by atoms with van der Waals surface area (Å²) in [6.07, 6.45) is -3.38. The van der Waals surface area contributed by atoms with Crippen LogP contribution in [0.2, 0.25) is 15.1 Å². The van der Waals surface area contributed by atoms with Crippen LogP contribution in [0.25, 0.3) is 0 Å². The Kier molecular flexibility index (Phi) is 9.35. The van der Waals surface area contributed by atoms with Crippen LogP contribution in [0.1, 0.15) is 58.1 Å². The van der Waals surface area contributed by atoms with Gasteiger partial charge >= 0.3 is 12.3 Å². The molecule has 1 N–H and O–H groups in total. The van der Waals surface area contributed by atoms with E-state index >= 15 is 0 Å². The summed E-state index contributed by atoms with van der Waals surface area (Å²) in [4.78, 5) is 28.7. The smallest absolute Gasteiger partial charge is 0.435 e. The molecule has 13 heteroatoms. The van der Waals surface area contributed by atoms with Gasteiger partial charge in [0.05, 0.1) is 16.4 Å². The zero-order chi connectivity index (χ0) is 29.2. The van der Waals surface area contributed by atoms with Crippen LogP contribution in [0.5, 0.6) is 0 Å². The molecule has 212 valence electrons. The fourth-order valence-electron chi connectivity index (χ4n) is 3.46. The molecule has 2 aromatic rings. The predicted octanol–water partition coefficient (Wildman–Crippen LogP) is 8.05. The molecule has 1 aliphatic carbocycles. The first kappa shape index (κ1) is 30.8. The zero-order valence-corrected chi connectivity index (χ0v) is 23.8. The second kappa shape index (κ2) is 11.8. The third kappa shape index (κ3) is 7.70. The van der Waals surface area contributed by atoms with Gasteiger partial charge in [-0.05, 0) is 57.0 Å². The lowest BCUT2D eigenvalue weighted by molar-refractivity contribution is -0.275. The first-order valence-electron chi connectivity index (χ1n) is 11.9. The molecule has 1 saturated carbocycles. The van der Waals surface area contributed by atoms with E-state index in [1.807, 2.05) is 0 Å². The first-order chi connectivity index (χ1) is 18.1. The van der Waals surface area contributed by atoms with E-state index < -0.39 is 29.9 Å². The van der Waals surface area contributed by atoms with Crippen molar-refractivity contribution in [3.05, 3.63) is 62.6 Å². The first-order valence-corrected chi connectivity index (χ1v) is 13.0. The van der Waals surface area contributed by atoms with E-state index in [2.05, 4.69) is 17.5 Å². The number of benzene rings is 2. The molecule has 1 heterocycles. The molecule has 1 fully saturated rings. The number of ether oxygens (including phenoxy) is 1. The van der Waals surface area contributed by atoms with Gasteiger partial charge in [-0.3, -0.25) is 10.2 Å². The van der Waals surface area contributed by atoms with Crippen LogP contribution < -0.4 is 10.4 Å². The van der Waals surface area contributed by atoms with Crippen LogP contribution in [0.15, 0.2) is 41.6 Å². The summed E-state index contributed by atoms with van der Waals surface area (Å²) in [5.74, 6) is 1.08. The molecule has 0 radical (unpaired) electrons. The Morgan fingerprint density at radius 2 is 1.72 bits per heavy atom. The SMILES string of the molecule is CC(C)(C)OC(=O)N(NC=O)c1cc(C2=NOC(c3cc(Cl)cc(Cl)c3)(C(F)(F)F)C2)ccc1Cl.CC1CC1. The number of hydrogen-bond donors (Lipinski definition) is 1. The van der Waals surface area contributed by atoms with Crippen molar-refractivity contribution in [2.75, 3.05) is 5.01 Å². The van der Waals surface area contributed by atoms with Crippen molar-refractivity contribution >= 4 is 58.7 Å². The summed E-state index contributed by atoms with van der Waals surface area (Å²) in [6, 6.07) is 7.52. The minimum atomic E-state index is -4.89. The van der Waals surface area contributed by atoms with Crippen LogP contribution >= 0.6 is 34.8 Å². The molecule has 1 unspecified atom stereocenters. The number of carbonyl (C=O) groups excluding carboxylic acids is 2. The number of anilines is 1. The average Bonchev–Trinajstić information content (AvgIpc) is 3.44. The molecule has 2 amide bonds. The summed E-state index contributed by atoms with van der Waals surface area (Å²) in [5, 5.41) is 4.42. The van der Waals surface area contributed by atoms with E-state index in [0.717, 1.165) is 23.1 Å². The molecule has 0 aromatic heterocycles. The van der Waals surface area contributed by atoms with Crippen LogP contribution in [-0.4, -0.2) is 30.0 Å². The number of alkyl halides is 3. The van der Waals surface area contributed by atoms with E-state index in [0.29, 0.717) is 0 Å². The standard InChI is InChI=1S/C22H19Cl3F3N3O4.C4H8/c1-20(2,3)34-19(33)31(29-11-32)18-6-12(4-5-16(18)25)17-10-21(35-30-17,22(26,27)28)13-7-14(23)9-15(24)8-13;1-4-2-3-4/h4-9,11H,10H2,1-3H3,(H,29,32);4H,2-3H2,1H3. The molecular formula is C26H27Cl3F3N3O4. The van der Waals surface area contributed by atoms with Crippen molar-refractivity contribution in [3.63, 3.8) is 0 Å². The molecular weight excluding hydrogens is 582 g/mol. The maximum atomic E-state index is 14.3. The quantitative estimate of drug-likeness (QED) is 0.275. The Hall–Kier alpha value is -2.69. The highest BCUT2D eigenvalue weighted by Crippen LogP contribution is 2.50. The Morgan fingerprint density at radius 1 is 1.13 bits per heavy atom. The van der Waals surface area contributed by atoms with E-state index in [4.69, 9.17) is 44.4 Å². The Balaban J connectivity index is 0.000000960. The maximum absolute atomic E-state index is 14.3. The topological polar surface area (TPSA) is 80.2 Å². The molecule has 4 rings (SSSR count). The van der Waals surface area contributed by atoms with Gasteiger partial charge in [0.1, 0.15) is 5.60 Å². The third-order valence-corrected chi connectivity index (χ3v) is 6.42. The van der Waals surface area contributed by atoms with Crippen molar-refractivity contribution in [1.29, 1.82) is 0 Å². The molecule has 0 bridgehead atoms. The fraction of sp³-hybridized carbons (Fsp3) is 0.423. The molecule has 2 aromatic carbocycles. The van der Waals surface area contributed by atoms with Crippen LogP contribution in [0.4, 0.5) is 23.7 Å². The summed E-state index contributed by atoms with van der Waals surface area (Å²) in [5.41, 5.74) is -1.89. The maximum Gasteiger partial charge on any atom is 0.435 e. The Bertz CT molecular complexity index is 1240. The second-order valence-corrected chi connectivity index (χ2v) is 11.5. The van der Waals surface area contributed by atoms with E-state index in [-0.39, 0.29) is 44.0 Å². The lowest BCUT2D eigenvalue weighted by atomic mass is 9.86. The molecule has 1 atom stereocenters. The van der Waals surface area contributed by atoms with Gasteiger partial charge in [0.2, 0.25) is 6.41 Å². The van der Waals surface area contributed by atoms with Crippen molar-refractivity contribution in [3.8, 4) is 0 Å². The highest BCUT2D eigenvalue weighted by Gasteiger charge is 2.62. The molecule has 0 spiro atoms. The largest absolute Gasteiger partial charge is 0.442 e. The number of halogens is 6. The summed E-state index contributed by atoms with van der Waals surface area (Å²) in [7, 11) is 0. The second-order valence-electron chi connectivity index (χ2n) is 10.2. The van der Waals surface area contributed by atoms with Crippen LogP contribution in [0, 0.1) is 5.92 Å². The van der Waals surface area contributed by atoms with Gasteiger partial charge in [0.25, 0.3) is 5.60 Å². The van der Waals surface area contributed by atoms with Crippen molar-refractivity contribution < 1.29 is 32.3 Å². The molecule has 7 nitrogen and oxygen atoms in total. The summed E-state index contributed by atoms with van der Waals surface area (Å²) < 4.78 is 48.1. The number of rotatable bonds is 5. The van der Waals surface area contributed by atoms with Gasteiger partial charge in [-0.1, -0.05) is 65.8 Å². The number of oxime groups is 1. The number of hydrogen-bond acceptors (Lipinski definition) is 5. The number of carbonyl (C=O) groups is 2. The lowest BCUT2D eigenvalue weighted by Crippen LogP contribution is -2.45. The molecule has 1 aliphatic heterocycles. The van der Waals surface area contributed by atoms with E-state index in [1.54, 1.807) is 20.8 Å².